The normalized spacial score (nSPS) is 10.5. The highest BCUT2D eigenvalue weighted by Crippen LogP contribution is 2.17. The maximum atomic E-state index is 12.7. The first kappa shape index (κ1) is 17.1. The Hall–Kier alpha value is -2.73. The first-order valence-corrected chi connectivity index (χ1v) is 8.50. The fourth-order valence-electron chi connectivity index (χ4n) is 2.50. The minimum Gasteiger partial charge on any atom is -0.317 e. The molecular formula is C19H16BrN3O2. The minimum absolute atomic E-state index is 0.247. The molecule has 126 valence electrons. The fraction of sp³-hybridized carbons (Fsp3) is 0.105. The van der Waals surface area contributed by atoms with Gasteiger partial charge in [-0.3, -0.25) is 14.6 Å². The number of rotatable bonds is 4. The van der Waals surface area contributed by atoms with Crippen LogP contribution in [0.15, 0.2) is 70.3 Å². The van der Waals surface area contributed by atoms with Gasteiger partial charge in [0.2, 0.25) is 0 Å². The highest BCUT2D eigenvalue weighted by atomic mass is 79.9. The number of halogens is 1. The third kappa shape index (κ3) is 4.03. The summed E-state index contributed by atoms with van der Waals surface area (Å²) in [6.45, 7) is 2.30. The second-order valence-corrected chi connectivity index (χ2v) is 6.50. The summed E-state index contributed by atoms with van der Waals surface area (Å²) in [5, 5.41) is 2.70. The summed E-state index contributed by atoms with van der Waals surface area (Å²) in [4.78, 5) is 28.9. The number of benzene rings is 1. The van der Waals surface area contributed by atoms with Crippen LogP contribution in [-0.4, -0.2) is 15.5 Å². The predicted molar refractivity (Wildman–Crippen MR) is 101 cm³/mol. The monoisotopic (exact) mass is 397 g/mol. The molecule has 2 heterocycles. The van der Waals surface area contributed by atoms with Crippen LogP contribution in [-0.2, 0) is 6.54 Å². The van der Waals surface area contributed by atoms with Crippen molar-refractivity contribution in [1.82, 2.24) is 9.55 Å². The summed E-state index contributed by atoms with van der Waals surface area (Å²) in [5.74, 6) is -0.336. The topological polar surface area (TPSA) is 64.0 Å². The number of aryl methyl sites for hydroxylation is 1. The average Bonchev–Trinajstić information content (AvgIpc) is 2.61. The number of nitrogens with one attached hydrogen (secondary N) is 1. The van der Waals surface area contributed by atoms with Gasteiger partial charge in [-0.25, -0.2) is 0 Å². The third-order valence-corrected chi connectivity index (χ3v) is 4.49. The number of carbonyl (C=O) groups is 1. The predicted octanol–water partition coefficient (Wildman–Crippen LogP) is 3.61. The zero-order chi connectivity index (χ0) is 17.8. The molecule has 0 radical (unpaired) electrons. The summed E-state index contributed by atoms with van der Waals surface area (Å²) >= 11 is 3.50. The van der Waals surface area contributed by atoms with Crippen LogP contribution in [0.2, 0.25) is 0 Å². The van der Waals surface area contributed by atoms with Gasteiger partial charge in [-0.2, -0.15) is 0 Å². The van der Waals surface area contributed by atoms with Gasteiger partial charge in [0.05, 0.1) is 6.54 Å². The zero-order valence-electron chi connectivity index (χ0n) is 13.6. The molecule has 0 aliphatic rings. The van der Waals surface area contributed by atoms with E-state index < -0.39 is 0 Å². The van der Waals surface area contributed by atoms with Crippen molar-refractivity contribution in [2.45, 2.75) is 13.5 Å². The molecular weight excluding hydrogens is 382 g/mol. The molecule has 6 heteroatoms. The summed E-state index contributed by atoms with van der Waals surface area (Å²) in [6.07, 6.45) is 4.86. The standard InChI is InChI=1S/C19H16BrN3O2/c1-13-10-17(22-18(24)14-6-8-21-9-7-14)19(25)23(11-13)12-15-4-2-3-5-16(15)20/h2-11H,12H2,1H3,(H,22,24). The lowest BCUT2D eigenvalue weighted by atomic mass is 10.2. The molecule has 0 fully saturated rings. The van der Waals surface area contributed by atoms with Crippen molar-refractivity contribution in [2.75, 3.05) is 5.32 Å². The molecule has 1 aromatic carbocycles. The van der Waals surface area contributed by atoms with Gasteiger partial charge in [0.15, 0.2) is 0 Å². The summed E-state index contributed by atoms with van der Waals surface area (Å²) in [6, 6.07) is 12.6. The van der Waals surface area contributed by atoms with E-state index in [2.05, 4.69) is 26.2 Å². The lowest BCUT2D eigenvalue weighted by Gasteiger charge is -2.12. The lowest BCUT2D eigenvalue weighted by molar-refractivity contribution is 0.102. The molecule has 5 nitrogen and oxygen atoms in total. The number of hydrogen-bond donors (Lipinski definition) is 1. The first-order valence-electron chi connectivity index (χ1n) is 7.70. The maximum Gasteiger partial charge on any atom is 0.274 e. The quantitative estimate of drug-likeness (QED) is 0.730. The van der Waals surface area contributed by atoms with Gasteiger partial charge in [-0.05, 0) is 42.3 Å². The van der Waals surface area contributed by atoms with E-state index in [4.69, 9.17) is 0 Å². The van der Waals surface area contributed by atoms with E-state index in [-0.39, 0.29) is 17.2 Å². The van der Waals surface area contributed by atoms with Crippen LogP contribution < -0.4 is 10.9 Å². The van der Waals surface area contributed by atoms with E-state index in [0.29, 0.717) is 12.1 Å². The number of aromatic nitrogens is 2. The third-order valence-electron chi connectivity index (χ3n) is 3.71. The van der Waals surface area contributed by atoms with Gasteiger partial charge in [-0.15, -0.1) is 0 Å². The molecule has 0 aliphatic heterocycles. The molecule has 25 heavy (non-hydrogen) atoms. The van der Waals surface area contributed by atoms with Gasteiger partial charge < -0.3 is 9.88 Å². The Bertz CT molecular complexity index is 968. The maximum absolute atomic E-state index is 12.7. The second-order valence-electron chi connectivity index (χ2n) is 5.65. The van der Waals surface area contributed by atoms with Crippen molar-refractivity contribution in [3.8, 4) is 0 Å². The van der Waals surface area contributed by atoms with Crippen molar-refractivity contribution in [2.24, 2.45) is 0 Å². The second kappa shape index (κ2) is 7.44. The van der Waals surface area contributed by atoms with Gasteiger partial charge in [-0.1, -0.05) is 34.1 Å². The number of hydrogen-bond acceptors (Lipinski definition) is 3. The number of anilines is 1. The Morgan fingerprint density at radius 3 is 2.64 bits per heavy atom. The van der Waals surface area contributed by atoms with Gasteiger partial charge in [0.25, 0.3) is 11.5 Å². The SMILES string of the molecule is Cc1cc(NC(=O)c2ccncc2)c(=O)n(Cc2ccccc2Br)c1. The summed E-state index contributed by atoms with van der Waals surface area (Å²) in [7, 11) is 0. The van der Waals surface area contributed by atoms with Crippen LogP contribution in [0.3, 0.4) is 0 Å². The van der Waals surface area contributed by atoms with Gasteiger partial charge >= 0.3 is 0 Å². The summed E-state index contributed by atoms with van der Waals surface area (Å²) < 4.78 is 2.53. The smallest absolute Gasteiger partial charge is 0.274 e. The molecule has 2 aromatic heterocycles. The molecule has 0 bridgehead atoms. The molecule has 0 aliphatic carbocycles. The molecule has 1 amide bonds. The first-order chi connectivity index (χ1) is 12.0. The summed E-state index contributed by atoms with van der Waals surface area (Å²) in [5.41, 5.74) is 2.34. The van der Waals surface area contributed by atoms with E-state index in [0.717, 1.165) is 15.6 Å². The van der Waals surface area contributed by atoms with E-state index >= 15 is 0 Å². The Kier molecular flexibility index (Phi) is 5.09. The molecule has 0 atom stereocenters. The molecule has 0 saturated carbocycles. The molecule has 0 unspecified atom stereocenters. The van der Waals surface area contributed by atoms with Crippen molar-refractivity contribution in [3.05, 3.63) is 92.6 Å². The number of carbonyl (C=O) groups excluding carboxylic acids is 1. The van der Waals surface area contributed by atoms with Crippen LogP contribution in [0.1, 0.15) is 21.5 Å². The minimum atomic E-state index is -0.336. The van der Waals surface area contributed by atoms with E-state index in [1.54, 1.807) is 29.0 Å². The molecule has 0 saturated heterocycles. The van der Waals surface area contributed by atoms with Crippen molar-refractivity contribution < 1.29 is 4.79 Å². The highest BCUT2D eigenvalue weighted by molar-refractivity contribution is 9.10. The number of pyridine rings is 2. The molecule has 1 N–H and O–H groups in total. The largest absolute Gasteiger partial charge is 0.317 e. The number of nitrogens with zero attached hydrogens (tertiary/aromatic N) is 2. The highest BCUT2D eigenvalue weighted by Gasteiger charge is 2.11. The molecule has 3 rings (SSSR count). The Morgan fingerprint density at radius 2 is 1.92 bits per heavy atom. The van der Waals surface area contributed by atoms with Crippen molar-refractivity contribution in [3.63, 3.8) is 0 Å². The van der Waals surface area contributed by atoms with E-state index in [1.807, 2.05) is 31.2 Å². The Morgan fingerprint density at radius 1 is 1.20 bits per heavy atom. The molecule has 0 spiro atoms. The average molecular weight is 398 g/mol. The Labute approximate surface area is 153 Å². The number of amides is 1. The molecule has 3 aromatic rings. The lowest BCUT2D eigenvalue weighted by Crippen LogP contribution is -2.26. The van der Waals surface area contributed by atoms with Crippen LogP contribution in [0.5, 0.6) is 0 Å². The van der Waals surface area contributed by atoms with Crippen LogP contribution >= 0.6 is 15.9 Å². The van der Waals surface area contributed by atoms with E-state index in [1.165, 1.54) is 12.4 Å². The van der Waals surface area contributed by atoms with Gasteiger partial charge in [0.1, 0.15) is 5.69 Å². The fourth-order valence-corrected chi connectivity index (χ4v) is 2.91. The van der Waals surface area contributed by atoms with E-state index in [9.17, 15) is 9.59 Å². The van der Waals surface area contributed by atoms with Crippen molar-refractivity contribution >= 4 is 27.5 Å². The zero-order valence-corrected chi connectivity index (χ0v) is 15.2. The van der Waals surface area contributed by atoms with Crippen LogP contribution in [0.25, 0.3) is 0 Å². The Balaban J connectivity index is 1.91. The van der Waals surface area contributed by atoms with Crippen molar-refractivity contribution in [1.29, 1.82) is 0 Å². The van der Waals surface area contributed by atoms with Crippen LogP contribution in [0.4, 0.5) is 5.69 Å². The van der Waals surface area contributed by atoms with Crippen LogP contribution in [0, 0.1) is 6.92 Å². The van der Waals surface area contributed by atoms with Gasteiger partial charge in [0, 0.05) is 28.6 Å².